The molecule has 0 aromatic rings. The lowest BCUT2D eigenvalue weighted by Crippen LogP contribution is -2.41. The third kappa shape index (κ3) is 8.87. The van der Waals surface area contributed by atoms with Crippen molar-refractivity contribution in [1.29, 1.82) is 0 Å². The second-order valence-corrected chi connectivity index (χ2v) is 16.8. The SMILES string of the molecule is CCN(SCCC(=O)O[Si](C)(C)C)[Si](C)(C)C. The van der Waals surface area contributed by atoms with Crippen LogP contribution in [0.1, 0.15) is 13.3 Å². The van der Waals surface area contributed by atoms with Crippen molar-refractivity contribution < 1.29 is 9.22 Å². The number of nitrogens with zero attached hydrogens (tertiary/aromatic N) is 1. The molecular weight excluding hydrogens is 266 g/mol. The van der Waals surface area contributed by atoms with Crippen molar-refractivity contribution in [2.45, 2.75) is 52.6 Å². The lowest BCUT2D eigenvalue weighted by Gasteiger charge is -2.31. The van der Waals surface area contributed by atoms with Crippen LogP contribution in [-0.2, 0) is 9.22 Å². The predicted octanol–water partition coefficient (Wildman–Crippen LogP) is 3.56. The molecule has 102 valence electrons. The van der Waals surface area contributed by atoms with E-state index in [2.05, 4.69) is 30.5 Å². The molecule has 3 nitrogen and oxygen atoms in total. The maximum atomic E-state index is 11.6. The summed E-state index contributed by atoms with van der Waals surface area (Å²) < 4.78 is 7.86. The Kier molecular flexibility index (Phi) is 7.05. The van der Waals surface area contributed by atoms with Crippen LogP contribution in [-0.4, -0.2) is 38.8 Å². The number of carbonyl (C=O) groups is 1. The first-order valence-corrected chi connectivity index (χ1v) is 14.0. The molecule has 0 spiro atoms. The first kappa shape index (κ1) is 17.2. The zero-order chi connectivity index (χ0) is 13.7. The zero-order valence-corrected chi connectivity index (χ0v) is 15.1. The number of carbonyl (C=O) groups excluding carboxylic acids is 1. The molecule has 0 saturated heterocycles. The Balaban J connectivity index is 3.95. The molecule has 0 bridgehead atoms. The second kappa shape index (κ2) is 6.96. The minimum Gasteiger partial charge on any atom is -0.520 e. The van der Waals surface area contributed by atoms with Crippen LogP contribution in [0, 0.1) is 0 Å². The fraction of sp³-hybridized carbons (Fsp3) is 0.909. The second-order valence-electron chi connectivity index (χ2n) is 6.04. The molecule has 0 atom stereocenters. The van der Waals surface area contributed by atoms with Gasteiger partial charge in [0.15, 0.2) is 0 Å². The highest BCUT2D eigenvalue weighted by Crippen LogP contribution is 2.20. The Morgan fingerprint density at radius 1 is 1.18 bits per heavy atom. The van der Waals surface area contributed by atoms with E-state index in [9.17, 15) is 4.79 Å². The normalized spacial score (nSPS) is 12.9. The summed E-state index contributed by atoms with van der Waals surface area (Å²) in [5.74, 6) is 0.796. The number of hydrogen-bond acceptors (Lipinski definition) is 4. The Hall–Kier alpha value is 0.214. The van der Waals surface area contributed by atoms with Gasteiger partial charge in [0, 0.05) is 5.75 Å². The lowest BCUT2D eigenvalue weighted by atomic mass is 10.5. The molecule has 0 rings (SSSR count). The van der Waals surface area contributed by atoms with Gasteiger partial charge in [-0.2, -0.15) is 0 Å². The summed E-state index contributed by atoms with van der Waals surface area (Å²) in [6.45, 7) is 16.3. The molecule has 0 heterocycles. The molecule has 6 heteroatoms. The molecule has 0 radical (unpaired) electrons. The van der Waals surface area contributed by atoms with E-state index in [0.29, 0.717) is 6.42 Å². The number of hydrogen-bond donors (Lipinski definition) is 0. The van der Waals surface area contributed by atoms with Crippen LogP contribution in [0.2, 0.25) is 39.3 Å². The first-order valence-electron chi connectivity index (χ1n) is 6.18. The molecule has 0 aliphatic heterocycles. The summed E-state index contributed by atoms with van der Waals surface area (Å²) in [5.41, 5.74) is 0. The van der Waals surface area contributed by atoms with Gasteiger partial charge in [-0.05, 0) is 26.2 Å². The topological polar surface area (TPSA) is 29.5 Å². The molecular formula is C11H27NO2SSi2. The molecule has 0 aromatic heterocycles. The Morgan fingerprint density at radius 3 is 2.06 bits per heavy atom. The van der Waals surface area contributed by atoms with Crippen LogP contribution in [0.25, 0.3) is 0 Å². The summed E-state index contributed by atoms with van der Waals surface area (Å²) in [6.07, 6.45) is 0.524. The van der Waals surface area contributed by atoms with Gasteiger partial charge in [-0.3, -0.25) is 8.77 Å². The third-order valence-electron chi connectivity index (χ3n) is 2.01. The van der Waals surface area contributed by atoms with Gasteiger partial charge in [0.05, 0.1) is 6.42 Å². The molecule has 17 heavy (non-hydrogen) atoms. The van der Waals surface area contributed by atoms with E-state index in [0.717, 1.165) is 12.3 Å². The van der Waals surface area contributed by atoms with Crippen LogP contribution in [0.15, 0.2) is 0 Å². The molecule has 0 aliphatic rings. The molecule has 0 unspecified atom stereocenters. The zero-order valence-electron chi connectivity index (χ0n) is 12.3. The van der Waals surface area contributed by atoms with Gasteiger partial charge in [0.25, 0.3) is 5.97 Å². The van der Waals surface area contributed by atoms with E-state index in [-0.39, 0.29) is 5.97 Å². The van der Waals surface area contributed by atoms with Gasteiger partial charge in [-0.15, -0.1) is 0 Å². The standard InChI is InChI=1S/C11H27NO2SSi2/c1-8-12(16(2,3)4)15-10-9-11(13)14-17(5,6)7/h8-10H2,1-7H3. The van der Waals surface area contributed by atoms with Gasteiger partial charge in [0.2, 0.25) is 8.32 Å². The van der Waals surface area contributed by atoms with Crippen LogP contribution in [0.3, 0.4) is 0 Å². The van der Waals surface area contributed by atoms with Gasteiger partial charge in [0.1, 0.15) is 8.24 Å². The van der Waals surface area contributed by atoms with Crippen molar-refractivity contribution in [3.63, 3.8) is 0 Å². The average Bonchev–Trinajstić information content (AvgIpc) is 2.07. The monoisotopic (exact) mass is 293 g/mol. The van der Waals surface area contributed by atoms with E-state index >= 15 is 0 Å². The van der Waals surface area contributed by atoms with Crippen molar-refractivity contribution in [3.05, 3.63) is 0 Å². The minimum atomic E-state index is -1.71. The summed E-state index contributed by atoms with van der Waals surface area (Å²) >= 11 is 1.79. The smallest absolute Gasteiger partial charge is 0.293 e. The highest BCUT2D eigenvalue weighted by Gasteiger charge is 2.24. The van der Waals surface area contributed by atoms with Crippen molar-refractivity contribution in [1.82, 2.24) is 3.97 Å². The maximum Gasteiger partial charge on any atom is 0.293 e. The lowest BCUT2D eigenvalue weighted by molar-refractivity contribution is -0.134. The number of rotatable bonds is 7. The Labute approximate surface area is 113 Å². The summed E-state index contributed by atoms with van der Waals surface area (Å²) in [4.78, 5) is 11.6. The van der Waals surface area contributed by atoms with Crippen LogP contribution in [0.5, 0.6) is 0 Å². The fourth-order valence-corrected chi connectivity index (χ4v) is 5.61. The average molecular weight is 294 g/mol. The Morgan fingerprint density at radius 2 is 1.71 bits per heavy atom. The van der Waals surface area contributed by atoms with Crippen molar-refractivity contribution in [2.24, 2.45) is 0 Å². The van der Waals surface area contributed by atoms with E-state index in [4.69, 9.17) is 4.43 Å². The molecule has 0 aromatic carbocycles. The highest BCUT2D eigenvalue weighted by molar-refractivity contribution is 7.98. The fourth-order valence-electron chi connectivity index (χ4n) is 1.39. The van der Waals surface area contributed by atoms with Crippen molar-refractivity contribution in [3.8, 4) is 0 Å². The quantitative estimate of drug-likeness (QED) is 0.530. The summed E-state index contributed by atoms with van der Waals surface area (Å²) in [6, 6.07) is 0. The predicted molar refractivity (Wildman–Crippen MR) is 82.2 cm³/mol. The van der Waals surface area contributed by atoms with Crippen LogP contribution < -0.4 is 0 Å². The van der Waals surface area contributed by atoms with Crippen LogP contribution in [0.4, 0.5) is 0 Å². The summed E-state index contributed by atoms with van der Waals surface area (Å²) in [5, 5.41) is 0. The summed E-state index contributed by atoms with van der Waals surface area (Å²) in [7, 11) is -2.96. The van der Waals surface area contributed by atoms with Crippen molar-refractivity contribution >= 4 is 34.5 Å². The van der Waals surface area contributed by atoms with Crippen molar-refractivity contribution in [2.75, 3.05) is 12.3 Å². The van der Waals surface area contributed by atoms with E-state index in [1.54, 1.807) is 11.9 Å². The van der Waals surface area contributed by atoms with Gasteiger partial charge >= 0.3 is 0 Å². The molecule has 0 N–H and O–H groups in total. The van der Waals surface area contributed by atoms with Gasteiger partial charge in [-0.1, -0.05) is 38.5 Å². The maximum absolute atomic E-state index is 11.6. The largest absolute Gasteiger partial charge is 0.520 e. The first-order chi connectivity index (χ1) is 7.56. The van der Waals surface area contributed by atoms with Gasteiger partial charge in [-0.25, -0.2) is 0 Å². The Bertz CT molecular complexity index is 249. The van der Waals surface area contributed by atoms with E-state index in [1.165, 1.54) is 0 Å². The van der Waals surface area contributed by atoms with E-state index in [1.807, 2.05) is 19.6 Å². The van der Waals surface area contributed by atoms with Crippen LogP contribution >= 0.6 is 11.9 Å². The minimum absolute atomic E-state index is 0.0386. The molecule has 0 fully saturated rings. The molecule has 0 amide bonds. The molecule has 0 aliphatic carbocycles. The highest BCUT2D eigenvalue weighted by atomic mass is 32.2. The molecule has 0 saturated carbocycles. The third-order valence-corrected chi connectivity index (χ3v) is 7.65. The van der Waals surface area contributed by atoms with E-state index < -0.39 is 16.6 Å². The van der Waals surface area contributed by atoms with Gasteiger partial charge < -0.3 is 4.43 Å².